The van der Waals surface area contributed by atoms with Gasteiger partial charge in [-0.2, -0.15) is 0 Å². The molecule has 0 aliphatic heterocycles. The Bertz CT molecular complexity index is 649. The predicted octanol–water partition coefficient (Wildman–Crippen LogP) is 2.53. The number of rotatable bonds is 8. The van der Waals surface area contributed by atoms with Crippen molar-refractivity contribution in [3.8, 4) is 0 Å². The molecule has 3 rings (SSSR count). The molecule has 0 saturated heterocycles. The van der Waals surface area contributed by atoms with Crippen LogP contribution < -0.4 is 10.6 Å². The number of fused-ring (bicyclic) bond motifs is 1. The predicted molar refractivity (Wildman–Crippen MR) is 99.7 cm³/mol. The Balaban J connectivity index is 1.40. The van der Waals surface area contributed by atoms with E-state index in [-0.39, 0.29) is 0 Å². The molecule has 24 heavy (non-hydrogen) atoms. The molecule has 3 N–H and O–H groups in total. The molecule has 1 heterocycles. The highest BCUT2D eigenvalue weighted by Gasteiger charge is 2.20. The average Bonchev–Trinajstić information content (AvgIpc) is 3.32. The van der Waals surface area contributed by atoms with Crippen LogP contribution in [0.5, 0.6) is 0 Å². The van der Waals surface area contributed by atoms with Crippen molar-refractivity contribution < 1.29 is 9.84 Å². The van der Waals surface area contributed by atoms with Crippen LogP contribution in [0.1, 0.15) is 23.8 Å². The van der Waals surface area contributed by atoms with Gasteiger partial charge in [-0.05, 0) is 36.3 Å². The van der Waals surface area contributed by atoms with Gasteiger partial charge in [0.2, 0.25) is 0 Å². The second-order valence-electron chi connectivity index (χ2n) is 6.10. The minimum absolute atomic E-state index is 0.426. The van der Waals surface area contributed by atoms with Gasteiger partial charge in [0, 0.05) is 36.3 Å². The molecular weight excluding hydrogens is 322 g/mol. The number of hydrogen-bond donors (Lipinski definition) is 3. The zero-order chi connectivity index (χ0) is 16.8. The zero-order valence-electron chi connectivity index (χ0n) is 14.0. The van der Waals surface area contributed by atoms with Gasteiger partial charge in [-0.3, -0.25) is 4.99 Å². The van der Waals surface area contributed by atoms with E-state index in [1.54, 1.807) is 18.4 Å². The van der Waals surface area contributed by atoms with Crippen LogP contribution in [0.3, 0.4) is 0 Å². The Morgan fingerprint density at radius 1 is 1.38 bits per heavy atom. The van der Waals surface area contributed by atoms with Gasteiger partial charge >= 0.3 is 0 Å². The number of aliphatic hydroxyl groups is 1. The largest absolute Gasteiger partial charge is 0.386 e. The van der Waals surface area contributed by atoms with Gasteiger partial charge in [0.05, 0.1) is 6.61 Å². The third kappa shape index (κ3) is 4.93. The molecule has 0 radical (unpaired) electrons. The summed E-state index contributed by atoms with van der Waals surface area (Å²) in [6.07, 6.45) is 2.07. The van der Waals surface area contributed by atoms with E-state index >= 15 is 0 Å². The van der Waals surface area contributed by atoms with E-state index < -0.39 is 6.10 Å². The standard InChI is InChI=1S/C18H25N3O2S/c1-19-18(20-8-9-23-12-13-6-7-13)21-11-15(22)17-10-14-4-2-3-5-16(14)24-17/h2-5,10,13,15,22H,6-9,11-12H2,1H3,(H2,19,20,21). The van der Waals surface area contributed by atoms with Crippen molar-refractivity contribution in [3.63, 3.8) is 0 Å². The van der Waals surface area contributed by atoms with E-state index in [9.17, 15) is 5.11 Å². The molecule has 0 amide bonds. The highest BCUT2D eigenvalue weighted by Crippen LogP contribution is 2.29. The fourth-order valence-corrected chi connectivity index (χ4v) is 3.51. The molecule has 1 aromatic carbocycles. The first-order chi connectivity index (χ1) is 11.8. The lowest BCUT2D eigenvalue weighted by molar-refractivity contribution is 0.129. The van der Waals surface area contributed by atoms with Gasteiger partial charge in [-0.15, -0.1) is 11.3 Å². The second-order valence-corrected chi connectivity index (χ2v) is 7.22. The maximum Gasteiger partial charge on any atom is 0.191 e. The molecule has 1 aromatic heterocycles. The van der Waals surface area contributed by atoms with E-state index in [1.165, 1.54) is 22.9 Å². The van der Waals surface area contributed by atoms with Gasteiger partial charge in [0.15, 0.2) is 5.96 Å². The number of nitrogens with zero attached hydrogens (tertiary/aromatic N) is 1. The van der Waals surface area contributed by atoms with Gasteiger partial charge in [0.1, 0.15) is 6.10 Å². The summed E-state index contributed by atoms with van der Waals surface area (Å²) in [6, 6.07) is 10.2. The van der Waals surface area contributed by atoms with Crippen molar-refractivity contribution in [2.24, 2.45) is 10.9 Å². The van der Waals surface area contributed by atoms with Crippen molar-refractivity contribution >= 4 is 27.4 Å². The number of aliphatic hydroxyl groups excluding tert-OH is 1. The smallest absolute Gasteiger partial charge is 0.191 e. The van der Waals surface area contributed by atoms with Gasteiger partial charge in [-0.1, -0.05) is 18.2 Å². The first-order valence-corrected chi connectivity index (χ1v) is 9.26. The molecule has 2 aromatic rings. The molecule has 1 aliphatic carbocycles. The lowest BCUT2D eigenvalue weighted by Crippen LogP contribution is -2.40. The number of nitrogens with one attached hydrogen (secondary N) is 2. The molecule has 1 fully saturated rings. The van der Waals surface area contributed by atoms with E-state index in [0.717, 1.165) is 17.4 Å². The normalized spacial score (nSPS) is 16.3. The van der Waals surface area contributed by atoms with Crippen LogP contribution in [0.4, 0.5) is 0 Å². The first-order valence-electron chi connectivity index (χ1n) is 8.45. The van der Waals surface area contributed by atoms with Crippen LogP contribution >= 0.6 is 11.3 Å². The van der Waals surface area contributed by atoms with Gasteiger partial charge in [0.25, 0.3) is 0 Å². The fourth-order valence-electron chi connectivity index (χ4n) is 2.46. The number of aliphatic imine (C=N–C) groups is 1. The lowest BCUT2D eigenvalue weighted by Gasteiger charge is -2.14. The zero-order valence-corrected chi connectivity index (χ0v) is 14.8. The molecule has 0 spiro atoms. The summed E-state index contributed by atoms with van der Waals surface area (Å²) in [5.74, 6) is 1.48. The topological polar surface area (TPSA) is 65.9 Å². The third-order valence-electron chi connectivity index (χ3n) is 4.05. The van der Waals surface area contributed by atoms with Gasteiger partial charge < -0.3 is 20.5 Å². The molecule has 1 saturated carbocycles. The summed E-state index contributed by atoms with van der Waals surface area (Å²) in [5, 5.41) is 17.9. The number of guanidine groups is 1. The minimum atomic E-state index is -0.549. The molecule has 1 aliphatic rings. The number of benzene rings is 1. The highest BCUT2D eigenvalue weighted by molar-refractivity contribution is 7.19. The van der Waals surface area contributed by atoms with E-state index in [2.05, 4.69) is 27.8 Å². The third-order valence-corrected chi connectivity index (χ3v) is 5.27. The Kier molecular flexibility index (Phi) is 6.07. The first kappa shape index (κ1) is 17.2. The Morgan fingerprint density at radius 2 is 2.21 bits per heavy atom. The summed E-state index contributed by atoms with van der Waals surface area (Å²) in [5.41, 5.74) is 0. The molecular formula is C18H25N3O2S. The molecule has 0 bridgehead atoms. The molecule has 6 heteroatoms. The second kappa shape index (κ2) is 8.46. The summed E-state index contributed by atoms with van der Waals surface area (Å²) in [4.78, 5) is 5.14. The monoisotopic (exact) mass is 347 g/mol. The summed E-state index contributed by atoms with van der Waals surface area (Å²) < 4.78 is 6.78. The van der Waals surface area contributed by atoms with Crippen molar-refractivity contribution in [2.45, 2.75) is 18.9 Å². The van der Waals surface area contributed by atoms with Crippen LogP contribution in [-0.4, -0.2) is 44.4 Å². The molecule has 130 valence electrons. The van der Waals surface area contributed by atoms with E-state index in [0.29, 0.717) is 25.7 Å². The number of ether oxygens (including phenoxy) is 1. The van der Waals surface area contributed by atoms with Crippen LogP contribution in [0.2, 0.25) is 0 Å². The Hall–Kier alpha value is -1.63. The summed E-state index contributed by atoms with van der Waals surface area (Å²) >= 11 is 1.63. The number of thiophene rings is 1. The van der Waals surface area contributed by atoms with Crippen LogP contribution in [-0.2, 0) is 4.74 Å². The minimum Gasteiger partial charge on any atom is -0.386 e. The van der Waals surface area contributed by atoms with Crippen LogP contribution in [0.25, 0.3) is 10.1 Å². The average molecular weight is 347 g/mol. The number of hydrogen-bond acceptors (Lipinski definition) is 4. The maximum absolute atomic E-state index is 10.4. The van der Waals surface area contributed by atoms with Crippen LogP contribution in [0, 0.1) is 5.92 Å². The highest BCUT2D eigenvalue weighted by atomic mass is 32.1. The Morgan fingerprint density at radius 3 is 2.96 bits per heavy atom. The van der Waals surface area contributed by atoms with Crippen LogP contribution in [0.15, 0.2) is 35.3 Å². The summed E-state index contributed by atoms with van der Waals surface area (Å²) in [7, 11) is 1.73. The van der Waals surface area contributed by atoms with E-state index in [1.807, 2.05) is 18.2 Å². The van der Waals surface area contributed by atoms with E-state index in [4.69, 9.17) is 4.74 Å². The quantitative estimate of drug-likeness (QED) is 0.390. The lowest BCUT2D eigenvalue weighted by atomic mass is 10.2. The summed E-state index contributed by atoms with van der Waals surface area (Å²) in [6.45, 7) is 2.69. The van der Waals surface area contributed by atoms with Gasteiger partial charge in [-0.25, -0.2) is 0 Å². The fraction of sp³-hybridized carbons (Fsp3) is 0.500. The van der Waals surface area contributed by atoms with Crippen molar-refractivity contribution in [2.75, 3.05) is 33.4 Å². The molecule has 5 nitrogen and oxygen atoms in total. The maximum atomic E-state index is 10.4. The van der Waals surface area contributed by atoms with Crippen molar-refractivity contribution in [1.29, 1.82) is 0 Å². The molecule has 1 atom stereocenters. The van der Waals surface area contributed by atoms with Crippen molar-refractivity contribution in [1.82, 2.24) is 10.6 Å². The Labute approximate surface area is 146 Å². The molecule has 1 unspecified atom stereocenters. The SMILES string of the molecule is CN=C(NCCOCC1CC1)NCC(O)c1cc2ccccc2s1. The van der Waals surface area contributed by atoms with Crippen molar-refractivity contribution in [3.05, 3.63) is 35.2 Å².